The van der Waals surface area contributed by atoms with E-state index in [4.69, 9.17) is 11.6 Å². The lowest BCUT2D eigenvalue weighted by Gasteiger charge is -2.14. The molecule has 7 heteroatoms. The van der Waals surface area contributed by atoms with Gasteiger partial charge in [0.1, 0.15) is 5.56 Å². The fraction of sp³-hybridized carbons (Fsp3) is 0.235. The molecule has 2 aromatic rings. The van der Waals surface area contributed by atoms with Crippen LogP contribution in [0.15, 0.2) is 42.5 Å². The van der Waals surface area contributed by atoms with E-state index in [1.54, 1.807) is 0 Å². The third-order valence-corrected chi connectivity index (χ3v) is 3.68. The number of amides is 1. The molecule has 0 aliphatic rings. The van der Waals surface area contributed by atoms with Crippen molar-refractivity contribution < 1.29 is 9.72 Å². The zero-order chi connectivity index (χ0) is 17.7. The molecule has 0 radical (unpaired) electrons. The van der Waals surface area contributed by atoms with Crippen molar-refractivity contribution in [3.8, 4) is 0 Å². The van der Waals surface area contributed by atoms with E-state index in [1.165, 1.54) is 18.2 Å². The summed E-state index contributed by atoms with van der Waals surface area (Å²) >= 11 is 5.77. The maximum Gasteiger partial charge on any atom is 0.283 e. The van der Waals surface area contributed by atoms with Crippen LogP contribution in [-0.4, -0.2) is 29.8 Å². The SMILES string of the molecule is CN(C)Cc1ccccc1CNC(=O)c1ccc(Cl)cc1[N+](=O)[O-]. The number of nitro benzene ring substituents is 1. The Morgan fingerprint density at radius 1 is 1.21 bits per heavy atom. The van der Waals surface area contributed by atoms with E-state index < -0.39 is 10.8 Å². The second-order valence-electron chi connectivity index (χ2n) is 5.61. The highest BCUT2D eigenvalue weighted by Gasteiger charge is 2.20. The Labute approximate surface area is 145 Å². The third-order valence-electron chi connectivity index (χ3n) is 3.45. The number of carbonyl (C=O) groups excluding carboxylic acids is 1. The minimum atomic E-state index is -0.610. The topological polar surface area (TPSA) is 75.5 Å². The first-order valence-corrected chi connectivity index (χ1v) is 7.70. The lowest BCUT2D eigenvalue weighted by molar-refractivity contribution is -0.385. The van der Waals surface area contributed by atoms with Gasteiger partial charge < -0.3 is 10.2 Å². The number of carbonyl (C=O) groups is 1. The second kappa shape index (κ2) is 7.90. The summed E-state index contributed by atoms with van der Waals surface area (Å²) in [6.45, 7) is 1.04. The van der Waals surface area contributed by atoms with Gasteiger partial charge >= 0.3 is 0 Å². The van der Waals surface area contributed by atoms with Crippen molar-refractivity contribution in [2.75, 3.05) is 14.1 Å². The number of halogens is 1. The minimum absolute atomic E-state index is 0.00510. The highest BCUT2D eigenvalue weighted by molar-refractivity contribution is 6.31. The first-order valence-electron chi connectivity index (χ1n) is 7.32. The molecular weight excluding hydrogens is 330 g/mol. The van der Waals surface area contributed by atoms with E-state index in [0.29, 0.717) is 6.54 Å². The number of rotatable bonds is 6. The van der Waals surface area contributed by atoms with Gasteiger partial charge in [0.15, 0.2) is 0 Å². The Morgan fingerprint density at radius 2 is 1.88 bits per heavy atom. The molecule has 6 nitrogen and oxygen atoms in total. The van der Waals surface area contributed by atoms with Crippen LogP contribution in [0.5, 0.6) is 0 Å². The summed E-state index contributed by atoms with van der Waals surface area (Å²) in [4.78, 5) is 24.8. The molecule has 2 rings (SSSR count). The molecule has 126 valence electrons. The average molecular weight is 348 g/mol. The standard InChI is InChI=1S/C17H18ClN3O3/c1-20(2)11-13-6-4-3-5-12(13)10-19-17(22)15-8-7-14(18)9-16(15)21(23)24/h3-9H,10-11H2,1-2H3,(H,19,22). The molecule has 0 unspecified atom stereocenters. The van der Waals surface area contributed by atoms with Crippen molar-refractivity contribution in [1.82, 2.24) is 10.2 Å². The molecule has 0 heterocycles. The first kappa shape index (κ1) is 17.9. The van der Waals surface area contributed by atoms with Crippen LogP contribution in [0, 0.1) is 10.1 Å². The quantitative estimate of drug-likeness (QED) is 0.643. The number of nitrogens with zero attached hydrogens (tertiary/aromatic N) is 2. The van der Waals surface area contributed by atoms with Crippen LogP contribution in [0.3, 0.4) is 0 Å². The molecule has 24 heavy (non-hydrogen) atoms. The molecule has 0 bridgehead atoms. The summed E-state index contributed by atoms with van der Waals surface area (Å²) in [6, 6.07) is 11.8. The monoisotopic (exact) mass is 347 g/mol. The molecule has 1 N–H and O–H groups in total. The Bertz CT molecular complexity index is 762. The van der Waals surface area contributed by atoms with Gasteiger partial charge in [-0.25, -0.2) is 0 Å². The molecule has 0 spiro atoms. The van der Waals surface area contributed by atoms with Crippen LogP contribution < -0.4 is 5.32 Å². The largest absolute Gasteiger partial charge is 0.348 e. The number of hydrogen-bond acceptors (Lipinski definition) is 4. The smallest absolute Gasteiger partial charge is 0.283 e. The zero-order valence-corrected chi connectivity index (χ0v) is 14.2. The summed E-state index contributed by atoms with van der Waals surface area (Å²) < 4.78 is 0. The van der Waals surface area contributed by atoms with E-state index in [0.717, 1.165) is 17.7 Å². The van der Waals surface area contributed by atoms with Gasteiger partial charge in [-0.2, -0.15) is 0 Å². The summed E-state index contributed by atoms with van der Waals surface area (Å²) in [7, 11) is 3.93. The molecule has 0 saturated carbocycles. The predicted octanol–water partition coefficient (Wildman–Crippen LogP) is 3.24. The van der Waals surface area contributed by atoms with Gasteiger partial charge in [0.25, 0.3) is 11.6 Å². The van der Waals surface area contributed by atoms with Crippen LogP contribution in [-0.2, 0) is 13.1 Å². The molecule has 0 fully saturated rings. The number of benzene rings is 2. The van der Waals surface area contributed by atoms with Gasteiger partial charge in [0, 0.05) is 24.2 Å². The van der Waals surface area contributed by atoms with Gasteiger partial charge in [0.05, 0.1) is 4.92 Å². The highest BCUT2D eigenvalue weighted by atomic mass is 35.5. The molecule has 2 aromatic carbocycles. The summed E-state index contributed by atoms with van der Waals surface area (Å²) in [5.41, 5.74) is 1.75. The van der Waals surface area contributed by atoms with E-state index in [1.807, 2.05) is 43.3 Å². The third kappa shape index (κ3) is 4.53. The molecule has 0 aromatic heterocycles. The number of hydrogen-bond donors (Lipinski definition) is 1. The van der Waals surface area contributed by atoms with Gasteiger partial charge in [-0.1, -0.05) is 35.9 Å². The van der Waals surface area contributed by atoms with E-state index in [-0.39, 0.29) is 16.3 Å². The molecular formula is C17H18ClN3O3. The maximum absolute atomic E-state index is 12.3. The Balaban J connectivity index is 2.16. The fourth-order valence-corrected chi connectivity index (χ4v) is 2.51. The van der Waals surface area contributed by atoms with Crippen LogP contribution in [0.1, 0.15) is 21.5 Å². The lowest BCUT2D eigenvalue weighted by atomic mass is 10.1. The Morgan fingerprint density at radius 3 is 2.50 bits per heavy atom. The van der Waals surface area contributed by atoms with Crippen molar-refractivity contribution in [3.63, 3.8) is 0 Å². The van der Waals surface area contributed by atoms with Crippen molar-refractivity contribution in [2.24, 2.45) is 0 Å². The molecule has 0 aliphatic heterocycles. The molecule has 1 amide bonds. The zero-order valence-electron chi connectivity index (χ0n) is 13.5. The predicted molar refractivity (Wildman–Crippen MR) is 93.1 cm³/mol. The van der Waals surface area contributed by atoms with Crippen LogP contribution in [0.25, 0.3) is 0 Å². The maximum atomic E-state index is 12.3. The average Bonchev–Trinajstić information content (AvgIpc) is 2.53. The Hall–Kier alpha value is -2.44. The minimum Gasteiger partial charge on any atom is -0.348 e. The normalized spacial score (nSPS) is 10.7. The highest BCUT2D eigenvalue weighted by Crippen LogP contribution is 2.23. The van der Waals surface area contributed by atoms with Crippen molar-refractivity contribution in [2.45, 2.75) is 13.1 Å². The number of nitro groups is 1. The Kier molecular flexibility index (Phi) is 5.89. The second-order valence-corrected chi connectivity index (χ2v) is 6.04. The molecule has 0 saturated heterocycles. The van der Waals surface area contributed by atoms with E-state index >= 15 is 0 Å². The van der Waals surface area contributed by atoms with Crippen molar-refractivity contribution in [3.05, 3.63) is 74.3 Å². The lowest BCUT2D eigenvalue weighted by Crippen LogP contribution is -2.25. The summed E-state index contributed by atoms with van der Waals surface area (Å²) in [5.74, 6) is -0.502. The van der Waals surface area contributed by atoms with Crippen LogP contribution in [0.4, 0.5) is 5.69 Å². The fourth-order valence-electron chi connectivity index (χ4n) is 2.34. The molecule has 0 aliphatic carbocycles. The summed E-state index contributed by atoms with van der Waals surface area (Å²) in [6.07, 6.45) is 0. The van der Waals surface area contributed by atoms with E-state index in [2.05, 4.69) is 5.32 Å². The van der Waals surface area contributed by atoms with Crippen LogP contribution in [0.2, 0.25) is 5.02 Å². The van der Waals surface area contributed by atoms with E-state index in [9.17, 15) is 14.9 Å². The van der Waals surface area contributed by atoms with Crippen molar-refractivity contribution in [1.29, 1.82) is 0 Å². The van der Waals surface area contributed by atoms with Gasteiger partial charge in [0.2, 0.25) is 0 Å². The van der Waals surface area contributed by atoms with Gasteiger partial charge in [-0.05, 0) is 37.4 Å². The van der Waals surface area contributed by atoms with Crippen molar-refractivity contribution >= 4 is 23.2 Å². The van der Waals surface area contributed by atoms with Crippen LogP contribution >= 0.6 is 11.6 Å². The number of nitrogens with one attached hydrogen (secondary N) is 1. The first-order chi connectivity index (χ1) is 11.4. The summed E-state index contributed by atoms with van der Waals surface area (Å²) in [5, 5.41) is 14.0. The van der Waals surface area contributed by atoms with Gasteiger partial charge in [-0.3, -0.25) is 14.9 Å². The molecule has 0 atom stereocenters. The van der Waals surface area contributed by atoms with Gasteiger partial charge in [-0.15, -0.1) is 0 Å².